The molecule has 0 aliphatic carbocycles. The minimum absolute atomic E-state index is 0.0874. The fourth-order valence-corrected chi connectivity index (χ4v) is 6.26. The molecule has 1 heterocycles. The van der Waals surface area contributed by atoms with Crippen LogP contribution in [-0.4, -0.2) is 44.8 Å². The van der Waals surface area contributed by atoms with Gasteiger partial charge in [-0.25, -0.2) is 8.42 Å². The molecule has 9 heteroatoms. The Morgan fingerprint density at radius 3 is 2.47 bits per heavy atom. The number of hydrogen-bond donors (Lipinski definition) is 1. The Bertz CT molecular complexity index is 1350. The molecule has 3 aromatic rings. The van der Waals surface area contributed by atoms with Crippen molar-refractivity contribution in [3.8, 4) is 0 Å². The zero-order valence-corrected chi connectivity index (χ0v) is 20.6. The Balaban J connectivity index is 1.51. The van der Waals surface area contributed by atoms with Crippen molar-refractivity contribution in [1.82, 2.24) is 10.2 Å². The van der Waals surface area contributed by atoms with E-state index in [1.165, 1.54) is 16.3 Å². The summed E-state index contributed by atoms with van der Waals surface area (Å²) in [4.78, 5) is 27.3. The van der Waals surface area contributed by atoms with Gasteiger partial charge in [0.15, 0.2) is 0 Å². The molecule has 0 saturated heterocycles. The number of benzene rings is 3. The van der Waals surface area contributed by atoms with Crippen LogP contribution >= 0.6 is 11.6 Å². The molecule has 0 radical (unpaired) electrons. The average molecular weight is 500 g/mol. The number of amides is 2. The first-order valence-corrected chi connectivity index (χ1v) is 12.9. The van der Waals surface area contributed by atoms with Gasteiger partial charge in [-0.3, -0.25) is 13.9 Å². The lowest BCUT2D eigenvalue weighted by Crippen LogP contribution is -2.46. The molecule has 1 atom stereocenters. The number of sulfonamides is 1. The molecule has 178 valence electrons. The number of carbonyl (C=O) groups is 2. The summed E-state index contributed by atoms with van der Waals surface area (Å²) >= 11 is 6.28. The van der Waals surface area contributed by atoms with Gasteiger partial charge in [-0.15, -0.1) is 0 Å². The normalized spacial score (nSPS) is 14.7. The molecule has 0 bridgehead atoms. The maximum Gasteiger partial charge on any atom is 0.265 e. The number of nitrogens with zero attached hydrogens (tertiary/aromatic N) is 2. The summed E-state index contributed by atoms with van der Waals surface area (Å²) in [6.45, 7) is 2.01. The highest BCUT2D eigenvalue weighted by Crippen LogP contribution is 2.42. The summed E-state index contributed by atoms with van der Waals surface area (Å²) in [5, 5.41) is 4.67. The average Bonchev–Trinajstić information content (AvgIpc) is 3.05. The number of halogens is 1. The number of rotatable bonds is 8. The summed E-state index contributed by atoms with van der Waals surface area (Å²) in [7, 11) is -2.16. The van der Waals surface area contributed by atoms with Gasteiger partial charge >= 0.3 is 0 Å². The summed E-state index contributed by atoms with van der Waals surface area (Å²) in [5.41, 5.74) is 1.37. The first-order chi connectivity index (χ1) is 16.3. The topological polar surface area (TPSA) is 86.8 Å². The van der Waals surface area contributed by atoms with Crippen LogP contribution in [0.5, 0.6) is 0 Å². The van der Waals surface area contributed by atoms with E-state index >= 15 is 0 Å². The molecular formula is C25H26ClN3O4S. The fraction of sp³-hybridized carbons (Fsp3) is 0.280. The highest BCUT2D eigenvalue weighted by molar-refractivity contribution is 7.93. The zero-order valence-electron chi connectivity index (χ0n) is 19.0. The maximum atomic E-state index is 13.2. The van der Waals surface area contributed by atoms with Gasteiger partial charge in [0.2, 0.25) is 11.8 Å². The van der Waals surface area contributed by atoms with E-state index in [4.69, 9.17) is 11.6 Å². The van der Waals surface area contributed by atoms with Crippen LogP contribution in [0, 0.1) is 0 Å². The number of hydrogen-bond acceptors (Lipinski definition) is 4. The van der Waals surface area contributed by atoms with Crippen LogP contribution in [0.4, 0.5) is 5.69 Å². The van der Waals surface area contributed by atoms with Crippen molar-refractivity contribution in [3.05, 3.63) is 71.2 Å². The van der Waals surface area contributed by atoms with Gasteiger partial charge in [0.1, 0.15) is 6.04 Å². The molecule has 4 rings (SSSR count). The van der Waals surface area contributed by atoms with E-state index in [9.17, 15) is 18.0 Å². The van der Waals surface area contributed by atoms with E-state index in [-0.39, 0.29) is 31.3 Å². The van der Waals surface area contributed by atoms with Crippen LogP contribution in [0.25, 0.3) is 10.8 Å². The third kappa shape index (κ3) is 4.35. The predicted molar refractivity (Wildman–Crippen MR) is 133 cm³/mol. The van der Waals surface area contributed by atoms with Crippen molar-refractivity contribution >= 4 is 49.9 Å². The largest absolute Gasteiger partial charge is 0.357 e. The summed E-state index contributed by atoms with van der Waals surface area (Å²) in [6, 6.07) is 17.2. The van der Waals surface area contributed by atoms with Gasteiger partial charge in [0.05, 0.1) is 10.6 Å². The molecule has 3 aromatic carbocycles. The van der Waals surface area contributed by atoms with Crippen molar-refractivity contribution in [3.63, 3.8) is 0 Å². The molecule has 0 fully saturated rings. The van der Waals surface area contributed by atoms with Gasteiger partial charge in [0.25, 0.3) is 10.0 Å². The second-order valence-corrected chi connectivity index (χ2v) is 10.5. The Morgan fingerprint density at radius 1 is 1.06 bits per heavy atom. The lowest BCUT2D eigenvalue weighted by Gasteiger charge is -2.29. The van der Waals surface area contributed by atoms with E-state index in [1.54, 1.807) is 37.3 Å². The number of likely N-dealkylation sites (N-methyl/N-ethyl adjacent to an activating group) is 1. The number of carbonyl (C=O) groups excluding carboxylic acids is 2. The second kappa shape index (κ2) is 9.64. The van der Waals surface area contributed by atoms with Gasteiger partial charge in [-0.1, -0.05) is 54.1 Å². The van der Waals surface area contributed by atoms with Crippen LogP contribution in [0.1, 0.15) is 25.3 Å². The van der Waals surface area contributed by atoms with E-state index in [2.05, 4.69) is 5.32 Å². The maximum absolute atomic E-state index is 13.2. The minimum atomic E-state index is -3.68. The Morgan fingerprint density at radius 2 is 1.76 bits per heavy atom. The third-order valence-corrected chi connectivity index (χ3v) is 8.37. The molecule has 0 aromatic heterocycles. The lowest BCUT2D eigenvalue weighted by atomic mass is 10.1. The second-order valence-electron chi connectivity index (χ2n) is 8.22. The highest BCUT2D eigenvalue weighted by Gasteiger charge is 2.35. The first kappa shape index (κ1) is 24.0. The van der Waals surface area contributed by atoms with Crippen molar-refractivity contribution < 1.29 is 18.0 Å². The Hall–Kier alpha value is -3.10. The summed E-state index contributed by atoms with van der Waals surface area (Å²) < 4.78 is 27.7. The number of nitrogens with one attached hydrogen (secondary N) is 1. The minimum Gasteiger partial charge on any atom is -0.357 e. The van der Waals surface area contributed by atoms with Crippen molar-refractivity contribution in [2.75, 3.05) is 17.9 Å². The van der Waals surface area contributed by atoms with Crippen LogP contribution < -0.4 is 9.62 Å². The van der Waals surface area contributed by atoms with Gasteiger partial charge in [-0.05, 0) is 42.5 Å². The Labute approximate surface area is 204 Å². The van der Waals surface area contributed by atoms with E-state index in [1.807, 2.05) is 30.3 Å². The Kier molecular flexibility index (Phi) is 6.81. The van der Waals surface area contributed by atoms with Crippen molar-refractivity contribution in [1.29, 1.82) is 0 Å². The van der Waals surface area contributed by atoms with Crippen LogP contribution in [0.2, 0.25) is 5.02 Å². The quantitative estimate of drug-likeness (QED) is 0.508. The van der Waals surface area contributed by atoms with E-state index < -0.39 is 16.1 Å². The molecule has 1 N–H and O–H groups in total. The van der Waals surface area contributed by atoms with Crippen LogP contribution in [0.3, 0.4) is 0 Å². The van der Waals surface area contributed by atoms with Gasteiger partial charge < -0.3 is 10.2 Å². The van der Waals surface area contributed by atoms with Gasteiger partial charge in [0, 0.05) is 37.0 Å². The highest BCUT2D eigenvalue weighted by atomic mass is 35.5. The molecule has 0 unspecified atom stereocenters. The molecule has 0 saturated carbocycles. The first-order valence-electron chi connectivity index (χ1n) is 11.0. The smallest absolute Gasteiger partial charge is 0.265 e. The van der Waals surface area contributed by atoms with Crippen molar-refractivity contribution in [2.24, 2.45) is 0 Å². The molecule has 2 amide bonds. The van der Waals surface area contributed by atoms with Crippen LogP contribution in [0.15, 0.2) is 65.6 Å². The molecule has 1 aliphatic rings. The van der Waals surface area contributed by atoms with E-state index in [0.29, 0.717) is 27.4 Å². The standard InChI is InChI=1S/C25H26ClN3O4S/c1-17(25(31)27-2)28(16-19-8-3-4-11-20(19)26)23(30)14-7-15-29-21-12-5-9-18-10-6-13-22(24(18)21)34(29,32)33/h3-6,8-13,17H,7,14-16H2,1-2H3,(H,27,31)/t17-/m0/s1. The molecule has 1 aliphatic heterocycles. The molecular weight excluding hydrogens is 474 g/mol. The SMILES string of the molecule is CNC(=O)[C@H](C)N(Cc1ccccc1Cl)C(=O)CCCN1c2cccc3cccc(c23)S1(=O)=O. The zero-order chi connectivity index (χ0) is 24.5. The number of anilines is 1. The van der Waals surface area contributed by atoms with Crippen molar-refractivity contribution in [2.45, 2.75) is 37.2 Å². The summed E-state index contributed by atoms with van der Waals surface area (Å²) in [5.74, 6) is -0.534. The molecule has 7 nitrogen and oxygen atoms in total. The molecule has 0 spiro atoms. The fourth-order valence-electron chi connectivity index (χ4n) is 4.32. The third-order valence-electron chi connectivity index (χ3n) is 6.15. The predicted octanol–water partition coefficient (Wildman–Crippen LogP) is 3.95. The van der Waals surface area contributed by atoms with Gasteiger partial charge in [-0.2, -0.15) is 0 Å². The molecule has 34 heavy (non-hydrogen) atoms. The van der Waals surface area contributed by atoms with Crippen LogP contribution in [-0.2, 0) is 26.2 Å². The monoisotopic (exact) mass is 499 g/mol. The summed E-state index contributed by atoms with van der Waals surface area (Å²) in [6.07, 6.45) is 0.395. The lowest BCUT2D eigenvalue weighted by molar-refractivity contribution is -0.140. The van der Waals surface area contributed by atoms with E-state index in [0.717, 1.165) is 10.9 Å².